The van der Waals surface area contributed by atoms with Crippen LogP contribution in [-0.2, 0) is 0 Å². The summed E-state index contributed by atoms with van der Waals surface area (Å²) >= 11 is 0. The Bertz CT molecular complexity index is 814. The van der Waals surface area contributed by atoms with Gasteiger partial charge in [0.1, 0.15) is 0 Å². The van der Waals surface area contributed by atoms with E-state index in [2.05, 4.69) is 15.4 Å². The zero-order valence-corrected chi connectivity index (χ0v) is 12.9. The second-order valence-corrected chi connectivity index (χ2v) is 5.67. The van der Waals surface area contributed by atoms with Gasteiger partial charge < -0.3 is 11.1 Å². The van der Waals surface area contributed by atoms with Crippen LogP contribution in [-0.4, -0.2) is 27.2 Å². The van der Waals surface area contributed by atoms with Crippen LogP contribution in [0.2, 0.25) is 0 Å². The van der Waals surface area contributed by atoms with Crippen molar-refractivity contribution in [2.45, 2.75) is 26.8 Å². The van der Waals surface area contributed by atoms with Crippen molar-refractivity contribution in [1.82, 2.24) is 20.1 Å². The molecule has 0 fully saturated rings. The van der Waals surface area contributed by atoms with Crippen molar-refractivity contribution in [2.24, 2.45) is 5.73 Å². The number of carbonyl (C=O) groups is 1. The third-order valence-electron chi connectivity index (χ3n) is 3.78. The van der Waals surface area contributed by atoms with Gasteiger partial charge in [-0.1, -0.05) is 6.08 Å². The molecule has 6 nitrogen and oxygen atoms in total. The number of carbonyl (C=O) groups excluding carboxylic acids is 1. The van der Waals surface area contributed by atoms with Crippen LogP contribution in [0.15, 0.2) is 24.5 Å². The standard InChI is InChI=1S/C16H19N5O/c1-9(2)21-16-13(10(3)20-21)14(15(17)22)12(8-19-16)11-5-4-6-18-7-11/h4-6,8-9,18H,7H2,1-3H3,(H2,17,22). The van der Waals surface area contributed by atoms with E-state index in [0.29, 0.717) is 17.8 Å². The first-order valence-corrected chi connectivity index (χ1v) is 7.27. The minimum atomic E-state index is -0.454. The molecule has 22 heavy (non-hydrogen) atoms. The number of aryl methyl sites for hydroxylation is 1. The van der Waals surface area contributed by atoms with Gasteiger partial charge in [0.25, 0.3) is 0 Å². The number of fused-ring (bicyclic) bond motifs is 1. The predicted molar refractivity (Wildman–Crippen MR) is 86.3 cm³/mol. The number of dihydropyridines is 1. The van der Waals surface area contributed by atoms with Crippen LogP contribution in [0.1, 0.15) is 41.5 Å². The molecule has 1 aliphatic heterocycles. The molecule has 2 aromatic rings. The number of nitrogens with two attached hydrogens (primary N) is 1. The third kappa shape index (κ3) is 2.16. The monoisotopic (exact) mass is 297 g/mol. The van der Waals surface area contributed by atoms with Crippen LogP contribution in [0.4, 0.5) is 0 Å². The van der Waals surface area contributed by atoms with Crippen LogP contribution < -0.4 is 11.1 Å². The van der Waals surface area contributed by atoms with Gasteiger partial charge in [-0.2, -0.15) is 5.10 Å². The summed E-state index contributed by atoms with van der Waals surface area (Å²) in [6.45, 7) is 6.58. The molecule has 3 heterocycles. The van der Waals surface area contributed by atoms with Gasteiger partial charge in [0.2, 0.25) is 5.91 Å². The lowest BCUT2D eigenvalue weighted by Gasteiger charge is -2.15. The fourth-order valence-electron chi connectivity index (χ4n) is 2.78. The van der Waals surface area contributed by atoms with Crippen molar-refractivity contribution < 1.29 is 4.79 Å². The normalized spacial score (nSPS) is 14.3. The maximum atomic E-state index is 12.1. The molecule has 0 unspecified atom stereocenters. The number of nitrogens with zero attached hydrogens (tertiary/aromatic N) is 3. The van der Waals surface area contributed by atoms with Crippen LogP contribution >= 0.6 is 0 Å². The van der Waals surface area contributed by atoms with E-state index in [9.17, 15) is 4.79 Å². The molecule has 0 atom stereocenters. The van der Waals surface area contributed by atoms with Gasteiger partial charge in [-0.15, -0.1) is 0 Å². The fraction of sp³-hybridized carbons (Fsp3) is 0.312. The average Bonchev–Trinajstić information content (AvgIpc) is 2.84. The van der Waals surface area contributed by atoms with E-state index >= 15 is 0 Å². The number of rotatable bonds is 3. The Labute approximate surface area is 128 Å². The smallest absolute Gasteiger partial charge is 0.250 e. The summed E-state index contributed by atoms with van der Waals surface area (Å²) in [5, 5.41) is 8.40. The van der Waals surface area contributed by atoms with Crippen LogP contribution in [0, 0.1) is 6.92 Å². The van der Waals surface area contributed by atoms with Crippen LogP contribution in [0.3, 0.4) is 0 Å². The van der Waals surface area contributed by atoms with Gasteiger partial charge in [-0.05, 0) is 38.6 Å². The molecule has 1 aliphatic rings. The number of nitrogens with one attached hydrogen (secondary N) is 1. The number of primary amides is 1. The highest BCUT2D eigenvalue weighted by Gasteiger charge is 2.22. The van der Waals surface area contributed by atoms with Crippen molar-refractivity contribution >= 4 is 22.5 Å². The van der Waals surface area contributed by atoms with Crippen LogP contribution in [0.25, 0.3) is 16.6 Å². The summed E-state index contributed by atoms with van der Waals surface area (Å²) in [7, 11) is 0. The lowest BCUT2D eigenvalue weighted by Crippen LogP contribution is -2.18. The lowest BCUT2D eigenvalue weighted by atomic mass is 9.97. The Morgan fingerprint density at radius 1 is 1.45 bits per heavy atom. The van der Waals surface area contributed by atoms with E-state index in [1.54, 1.807) is 6.20 Å². The molecule has 0 spiro atoms. The van der Waals surface area contributed by atoms with Crippen LogP contribution in [0.5, 0.6) is 0 Å². The number of amides is 1. The summed E-state index contributed by atoms with van der Waals surface area (Å²) in [6, 6.07) is 0.161. The summed E-state index contributed by atoms with van der Waals surface area (Å²) in [4.78, 5) is 16.6. The second-order valence-electron chi connectivity index (χ2n) is 5.67. The van der Waals surface area contributed by atoms with E-state index in [4.69, 9.17) is 5.73 Å². The molecule has 1 amide bonds. The van der Waals surface area contributed by atoms with Gasteiger partial charge in [0.15, 0.2) is 5.65 Å². The molecule has 3 rings (SSSR count). The number of allylic oxidation sites excluding steroid dienone is 2. The number of hydrogen-bond acceptors (Lipinski definition) is 4. The zero-order valence-electron chi connectivity index (χ0n) is 12.9. The highest BCUT2D eigenvalue weighted by atomic mass is 16.1. The average molecular weight is 297 g/mol. The lowest BCUT2D eigenvalue weighted by molar-refractivity contribution is 0.100. The molecule has 0 saturated heterocycles. The number of aromatic nitrogens is 3. The van der Waals surface area contributed by atoms with E-state index in [1.165, 1.54) is 0 Å². The van der Waals surface area contributed by atoms with Crippen molar-refractivity contribution in [1.29, 1.82) is 0 Å². The first-order chi connectivity index (χ1) is 10.5. The highest BCUT2D eigenvalue weighted by Crippen LogP contribution is 2.29. The number of pyridine rings is 1. The zero-order chi connectivity index (χ0) is 15.9. The number of hydrogen-bond donors (Lipinski definition) is 2. The van der Waals surface area contributed by atoms with Gasteiger partial charge >= 0.3 is 0 Å². The van der Waals surface area contributed by atoms with E-state index in [0.717, 1.165) is 22.2 Å². The summed E-state index contributed by atoms with van der Waals surface area (Å²) < 4.78 is 1.83. The summed E-state index contributed by atoms with van der Waals surface area (Å²) in [5.41, 5.74) is 9.39. The first kappa shape index (κ1) is 14.3. The fourth-order valence-corrected chi connectivity index (χ4v) is 2.78. The minimum absolute atomic E-state index is 0.161. The molecule has 0 radical (unpaired) electrons. The van der Waals surface area contributed by atoms with E-state index in [1.807, 2.05) is 43.8 Å². The molecule has 0 saturated carbocycles. The topological polar surface area (TPSA) is 85.8 Å². The van der Waals surface area contributed by atoms with Gasteiger partial charge in [0.05, 0.1) is 16.6 Å². The largest absolute Gasteiger partial charge is 0.387 e. The summed E-state index contributed by atoms with van der Waals surface area (Å²) in [5.74, 6) is -0.454. The molecule has 3 N–H and O–H groups in total. The van der Waals surface area contributed by atoms with Gasteiger partial charge in [-0.3, -0.25) is 4.79 Å². The van der Waals surface area contributed by atoms with Crippen molar-refractivity contribution in [3.8, 4) is 0 Å². The predicted octanol–water partition coefficient (Wildman–Crippen LogP) is 1.92. The maximum absolute atomic E-state index is 12.1. The minimum Gasteiger partial charge on any atom is -0.387 e. The van der Waals surface area contributed by atoms with Gasteiger partial charge in [0, 0.05) is 24.3 Å². The van der Waals surface area contributed by atoms with Gasteiger partial charge in [-0.25, -0.2) is 9.67 Å². The molecule has 0 aromatic carbocycles. The molecule has 0 bridgehead atoms. The Morgan fingerprint density at radius 2 is 2.23 bits per heavy atom. The molecule has 114 valence electrons. The SMILES string of the molecule is Cc1nn(C(C)C)c2ncc(C3=CC=CNC3)c(C(N)=O)c12. The highest BCUT2D eigenvalue weighted by molar-refractivity contribution is 6.09. The molecular formula is C16H19N5O. The van der Waals surface area contributed by atoms with Crippen molar-refractivity contribution in [2.75, 3.05) is 6.54 Å². The Kier molecular flexibility index (Phi) is 3.44. The Morgan fingerprint density at radius 3 is 2.82 bits per heavy atom. The van der Waals surface area contributed by atoms with Crippen molar-refractivity contribution in [3.63, 3.8) is 0 Å². The molecule has 0 aliphatic carbocycles. The first-order valence-electron chi connectivity index (χ1n) is 7.27. The van der Waals surface area contributed by atoms with Crippen molar-refractivity contribution in [3.05, 3.63) is 41.4 Å². The molecular weight excluding hydrogens is 278 g/mol. The Hall–Kier alpha value is -2.63. The quantitative estimate of drug-likeness (QED) is 0.906. The summed E-state index contributed by atoms with van der Waals surface area (Å²) in [6.07, 6.45) is 7.45. The van der Waals surface area contributed by atoms with E-state index < -0.39 is 5.91 Å². The maximum Gasteiger partial charge on any atom is 0.250 e. The third-order valence-corrected chi connectivity index (χ3v) is 3.78. The van der Waals surface area contributed by atoms with E-state index in [-0.39, 0.29) is 6.04 Å². The Balaban J connectivity index is 2.34. The second kappa shape index (κ2) is 5.29. The molecule has 2 aromatic heterocycles. The molecule has 6 heteroatoms.